The number of aliphatic hydroxyl groups is 4. The quantitative estimate of drug-likeness (QED) is 0.0165. The number of urea groups is 2. The Bertz CT molecular complexity index is 4460. The van der Waals surface area contributed by atoms with Gasteiger partial charge in [-0.15, -0.1) is 6.58 Å². The van der Waals surface area contributed by atoms with E-state index in [1.165, 1.54) is 25.4 Å². The molecule has 0 radical (unpaired) electrons. The average Bonchev–Trinajstić information content (AvgIpc) is 0.766. The Labute approximate surface area is 749 Å². The number of anilines is 2. The molecule has 3 fully saturated rings. The van der Waals surface area contributed by atoms with Gasteiger partial charge in [0.1, 0.15) is 53.9 Å². The van der Waals surface area contributed by atoms with Crippen molar-refractivity contribution in [3.8, 4) is 5.75 Å². The number of unbranched alkanes of at least 4 members (excludes halogenated alkanes) is 1. The number of hydrogen-bond acceptors (Lipinski definition) is 19. The van der Waals surface area contributed by atoms with Crippen LogP contribution in [0.4, 0.5) is 47.3 Å². The zero-order valence-corrected chi connectivity index (χ0v) is 75.9. The van der Waals surface area contributed by atoms with E-state index in [0.717, 1.165) is 60.9 Å². The summed E-state index contributed by atoms with van der Waals surface area (Å²) in [6.07, 6.45) is 0.979. The number of benzene rings is 4. The van der Waals surface area contributed by atoms with Crippen molar-refractivity contribution in [2.75, 3.05) is 52.1 Å². The molecule has 124 heavy (non-hydrogen) atoms. The maximum absolute atomic E-state index is 14.3. The number of cyclic esters (lactones) is 1. The zero-order chi connectivity index (χ0) is 92.6. The molecule has 16 atom stereocenters. The first-order valence-electron chi connectivity index (χ1n) is 40.5. The number of fused-ring (bicyclic) bond motifs is 3. The lowest BCUT2D eigenvalue weighted by Gasteiger charge is -2.47. The first-order chi connectivity index (χ1) is 58.2. The number of allylic oxidation sites excluding steroid dienone is 4. The Kier molecular flexibility index (Phi) is 41.3. The van der Waals surface area contributed by atoms with Crippen LogP contribution in [0.1, 0.15) is 168 Å². The van der Waals surface area contributed by atoms with Crippen LogP contribution in [0.2, 0.25) is 30.1 Å². The van der Waals surface area contributed by atoms with Gasteiger partial charge in [0.25, 0.3) is 17.6 Å². The Hall–Kier alpha value is -7.47. The smallest absolute Gasteiger partial charge is 0.456 e. The lowest BCUT2D eigenvalue weighted by atomic mass is 9.81. The highest BCUT2D eigenvalue weighted by atomic mass is 35.5. The molecule has 3 aliphatic heterocycles. The Morgan fingerprint density at radius 1 is 0.806 bits per heavy atom. The maximum atomic E-state index is 14.3. The number of nitrogens with zero attached hydrogens (tertiary/aromatic N) is 5. The monoisotopic (exact) mass is 1860 g/mol. The summed E-state index contributed by atoms with van der Waals surface area (Å²) in [5, 5.41) is 56.1. The van der Waals surface area contributed by atoms with E-state index >= 15 is 0 Å². The van der Waals surface area contributed by atoms with Crippen molar-refractivity contribution in [1.29, 1.82) is 0 Å². The molecule has 1 aromatic heterocycles. The van der Waals surface area contributed by atoms with Crippen LogP contribution in [0.25, 0.3) is 0 Å². The molecule has 9 rings (SSSR count). The van der Waals surface area contributed by atoms with Crippen molar-refractivity contribution >= 4 is 122 Å². The number of amides is 6. The largest absolute Gasteiger partial charge is 0.461 e. The number of aliphatic hydroxyl groups excluding tert-OH is 3. The number of nitrogens with one attached hydrogen (secondary N) is 3. The van der Waals surface area contributed by atoms with Gasteiger partial charge in [-0.2, -0.15) is 22.7 Å². The van der Waals surface area contributed by atoms with Crippen LogP contribution in [-0.2, 0) is 49.3 Å². The third-order valence-corrected chi connectivity index (χ3v) is 23.8. The van der Waals surface area contributed by atoms with E-state index in [4.69, 9.17) is 93.3 Å². The number of methoxy groups -OCH3 is 3. The number of carbonyl (C=O) groups excluding carboxylic acids is 7. The predicted molar refractivity (Wildman–Crippen MR) is 461 cm³/mol. The number of piperidine rings is 1. The van der Waals surface area contributed by atoms with E-state index in [1.807, 2.05) is 65.1 Å². The highest BCUT2D eigenvalue weighted by Crippen LogP contribution is 2.43. The standard InChI is InChI=1S/C44H69NO12.C16H8Cl2F6N2O3.C15H19Cl2N3O.C12H16Cl2N2O/c1-10-13-31-19-25(2)18-26(3)20-37(54-8)40-38(55-9)22-28(5)44(52,57-40)41(49)42(50)45-17-12-11-14-32(45)43(51)56-39(29(6)34(47)24-35(31)48)27(4)21-30-15-16-33(46)36(23-30)53-7;17-7-4-6(5-8(18)12(7)29-16(23,24)14(21)22)25-15(28)26-13(27)11-9(19)2-1-3-10(11)20;1-15(2,3)14(21)13(20-9-18-8-19-20)6-10-4-5-11(16)7-12(10)17;1-3-4-7-16(2)12(17)15-9-5-6-10(13)11(14)8-9/h10,19,21,26,28-34,36-40,46-47,52H,1,11-18,20,22-24H2,2-9H3;1-5,14H,(H2,25,26,27,28);4-5,7-9,13-14,21H,6H2,1-3H3;5-6,8H,3-4,7H2,1-2H3,(H,15,17)/b25-19+,27-21+;;;/t26-,28+,29+,30-,31+,32-,33+,34-,36+,37-,38-,39+,40+,44+;;;/m0.../s1. The summed E-state index contributed by atoms with van der Waals surface area (Å²) >= 11 is 35.1. The van der Waals surface area contributed by atoms with E-state index in [-0.39, 0.29) is 72.7 Å². The normalized spacial score (nSPS) is 25.4. The second-order valence-corrected chi connectivity index (χ2v) is 35.0. The summed E-state index contributed by atoms with van der Waals surface area (Å²) in [5.74, 6) is -12.6. The molecule has 2 unspecified atom stereocenters. The van der Waals surface area contributed by atoms with Crippen molar-refractivity contribution in [1.82, 2.24) is 29.9 Å². The Balaban J connectivity index is 0.000000292. The zero-order valence-electron chi connectivity index (χ0n) is 71.4. The molecular formula is C87H112Cl6F6N8O17. The molecular weight excluding hydrogens is 1760 g/mol. The minimum Gasteiger partial charge on any atom is -0.456 e. The molecule has 4 heterocycles. The van der Waals surface area contributed by atoms with Crippen LogP contribution < -0.4 is 20.7 Å². The van der Waals surface area contributed by atoms with E-state index in [2.05, 4.69) is 33.6 Å². The average molecular weight is 1870 g/mol. The van der Waals surface area contributed by atoms with Gasteiger partial charge in [-0.25, -0.2) is 32.8 Å². The van der Waals surface area contributed by atoms with E-state index in [1.54, 1.807) is 85.6 Å². The molecule has 686 valence electrons. The minimum absolute atomic E-state index is 0.00988. The molecule has 6 amide bonds. The number of Topliss-reactive ketones (excluding diaryl/α,β-unsaturated/α-hetero) is 2. The summed E-state index contributed by atoms with van der Waals surface area (Å²) in [6.45, 7) is 21.9. The van der Waals surface area contributed by atoms with Gasteiger partial charge in [-0.3, -0.25) is 24.5 Å². The number of alkyl halides is 4. The highest BCUT2D eigenvalue weighted by molar-refractivity contribution is 6.42. The van der Waals surface area contributed by atoms with Gasteiger partial charge in [0.15, 0.2) is 5.75 Å². The molecule has 7 N–H and O–H groups in total. The van der Waals surface area contributed by atoms with Crippen molar-refractivity contribution < 1.29 is 109 Å². The van der Waals surface area contributed by atoms with Crippen molar-refractivity contribution in [2.24, 2.45) is 35.0 Å². The molecule has 5 aromatic rings. The summed E-state index contributed by atoms with van der Waals surface area (Å²) in [4.78, 5) is 98.8. The van der Waals surface area contributed by atoms with Gasteiger partial charge in [-0.05, 0) is 174 Å². The van der Waals surface area contributed by atoms with Crippen LogP contribution in [0, 0.1) is 46.6 Å². The molecule has 25 nitrogen and oxygen atoms in total. The lowest BCUT2D eigenvalue weighted by molar-refractivity contribution is -0.302. The number of rotatable bonds is 20. The second kappa shape index (κ2) is 48.6. The summed E-state index contributed by atoms with van der Waals surface area (Å²) < 4.78 is 113. The number of ketones is 2. The fraction of sp³-hybridized carbons (Fsp3) is 0.552. The topological polar surface area (TPSA) is 329 Å². The van der Waals surface area contributed by atoms with Crippen LogP contribution in [0.3, 0.4) is 0 Å². The fourth-order valence-electron chi connectivity index (χ4n) is 14.9. The predicted octanol–water partition coefficient (Wildman–Crippen LogP) is 18.1. The second-order valence-electron chi connectivity index (χ2n) is 32.5. The maximum Gasteiger partial charge on any atom is 0.461 e. The molecule has 37 heteroatoms. The van der Waals surface area contributed by atoms with Crippen LogP contribution in [0.15, 0.2) is 115 Å². The molecule has 4 aliphatic rings. The van der Waals surface area contributed by atoms with Crippen molar-refractivity contribution in [3.05, 3.63) is 168 Å². The Morgan fingerprint density at radius 3 is 2.02 bits per heavy atom. The van der Waals surface area contributed by atoms with Gasteiger partial charge in [0.2, 0.25) is 5.79 Å². The van der Waals surface area contributed by atoms with E-state index < -0.39 is 147 Å². The number of carbonyl (C=O) groups is 7. The summed E-state index contributed by atoms with van der Waals surface area (Å²) in [7, 11) is 6.38. The number of hydrogen-bond donors (Lipinski definition) is 7. The van der Waals surface area contributed by atoms with Gasteiger partial charge in [-0.1, -0.05) is 160 Å². The van der Waals surface area contributed by atoms with Crippen LogP contribution >= 0.6 is 69.6 Å². The third-order valence-electron chi connectivity index (χ3n) is 21.9. The van der Waals surface area contributed by atoms with Crippen LogP contribution in [0.5, 0.6) is 5.75 Å². The van der Waals surface area contributed by atoms with E-state index in [9.17, 15) is 80.3 Å². The van der Waals surface area contributed by atoms with Crippen LogP contribution in [-0.4, -0.2) is 201 Å². The van der Waals surface area contributed by atoms with Gasteiger partial charge in [0, 0.05) is 87.1 Å². The summed E-state index contributed by atoms with van der Waals surface area (Å²) in [5.41, 5.74) is 1.61. The third kappa shape index (κ3) is 29.8. The number of aromatic nitrogens is 3. The number of ether oxygens (including phenoxy) is 6. The molecule has 4 aromatic carbocycles. The summed E-state index contributed by atoms with van der Waals surface area (Å²) in [6, 6.07) is 11.8. The molecule has 2 bridgehead atoms. The van der Waals surface area contributed by atoms with Crippen molar-refractivity contribution in [3.63, 3.8) is 0 Å². The van der Waals surface area contributed by atoms with Gasteiger partial charge >= 0.3 is 30.6 Å². The fourth-order valence-corrected chi connectivity index (χ4v) is 16.2. The number of imide groups is 1. The minimum atomic E-state index is -4.88. The Morgan fingerprint density at radius 2 is 1.44 bits per heavy atom. The number of halogens is 12. The molecule has 1 saturated carbocycles. The van der Waals surface area contributed by atoms with E-state index in [0.29, 0.717) is 89.1 Å². The van der Waals surface area contributed by atoms with Gasteiger partial charge < -0.3 is 69.3 Å². The first-order valence-corrected chi connectivity index (χ1v) is 42.7. The number of esters is 1. The van der Waals surface area contributed by atoms with Gasteiger partial charge in [0.05, 0.1) is 62.8 Å². The molecule has 1 aliphatic carbocycles. The first kappa shape index (κ1) is 105. The van der Waals surface area contributed by atoms with Crippen molar-refractivity contribution in [2.45, 2.75) is 231 Å². The lowest BCUT2D eigenvalue weighted by Crippen LogP contribution is -2.64. The molecule has 0 spiro atoms. The molecule has 2 saturated heterocycles. The highest BCUT2D eigenvalue weighted by Gasteiger charge is 2.57. The SMILES string of the molecule is C=CC[C@@H]1/C=C(\C)C[C@H](C)C[C@H](OC)[C@H]2O[C@@](O)(C(=O)C(=O)N3CCCC[C@H]3C(=O)O[C@H](/C(C)=C/[C@@H]3CC[C@@H](O)[C@H](OC)C3)[C@H](C)[C@@H](O)CC1=O)[C@H](C)C[C@@H]2OC.CC(C)(C)C(O)C(Cc1ccc(Cl)cc1Cl)n1cncn1.CCCCN(C)C(=O)Nc1ccc(Cl)c(Cl)c1.O=C(NC(=O)c1c(F)cccc1F)Nc1cc(Cl)c(OC(F)(F)C(F)F)c(Cl)c1.